The number of amides is 3. The van der Waals surface area contributed by atoms with E-state index in [1.807, 2.05) is 36.4 Å². The van der Waals surface area contributed by atoms with Crippen LogP contribution in [0.2, 0.25) is 0 Å². The predicted molar refractivity (Wildman–Crippen MR) is 133 cm³/mol. The quantitative estimate of drug-likeness (QED) is 0.572. The third-order valence-electron chi connectivity index (χ3n) is 6.73. The van der Waals surface area contributed by atoms with Crippen LogP contribution in [0.4, 0.5) is 4.79 Å². The predicted octanol–water partition coefficient (Wildman–Crippen LogP) is 3.40. The van der Waals surface area contributed by atoms with Gasteiger partial charge >= 0.3 is 6.03 Å². The molecule has 174 valence electrons. The van der Waals surface area contributed by atoms with Gasteiger partial charge in [0.2, 0.25) is 0 Å². The second-order valence-electron chi connectivity index (χ2n) is 9.12. The van der Waals surface area contributed by atoms with E-state index in [4.69, 9.17) is 4.99 Å². The maximum Gasteiger partial charge on any atom is 0.328 e. The molecule has 0 aliphatic carbocycles. The molecule has 0 aromatic heterocycles. The minimum Gasteiger partial charge on any atom is -0.339 e. The van der Waals surface area contributed by atoms with Crippen molar-refractivity contribution in [2.24, 2.45) is 4.99 Å². The highest BCUT2D eigenvalue weighted by molar-refractivity contribution is 6.04. The monoisotopic (exact) mass is 455 g/mol. The number of fused-ring (bicyclic) bond motifs is 2. The molecule has 7 nitrogen and oxygen atoms in total. The Morgan fingerprint density at radius 2 is 1.59 bits per heavy atom. The Morgan fingerprint density at radius 3 is 2.38 bits per heavy atom. The van der Waals surface area contributed by atoms with E-state index in [0.717, 1.165) is 28.7 Å². The smallest absolute Gasteiger partial charge is 0.328 e. The van der Waals surface area contributed by atoms with E-state index in [9.17, 15) is 9.59 Å². The maximum absolute atomic E-state index is 13.3. The molecule has 2 unspecified atom stereocenters. The Bertz CT molecular complexity index is 1250. The van der Waals surface area contributed by atoms with E-state index >= 15 is 0 Å². The van der Waals surface area contributed by atoms with E-state index in [0.29, 0.717) is 13.1 Å². The van der Waals surface area contributed by atoms with Crippen molar-refractivity contribution in [3.05, 3.63) is 83.9 Å². The van der Waals surface area contributed by atoms with Gasteiger partial charge in [0.1, 0.15) is 5.84 Å². The fourth-order valence-electron chi connectivity index (χ4n) is 4.95. The summed E-state index contributed by atoms with van der Waals surface area (Å²) < 4.78 is 0. The van der Waals surface area contributed by atoms with E-state index in [-0.39, 0.29) is 11.9 Å². The van der Waals surface area contributed by atoms with Gasteiger partial charge in [-0.1, -0.05) is 72.8 Å². The highest BCUT2D eigenvalue weighted by Gasteiger charge is 2.50. The highest BCUT2D eigenvalue weighted by Crippen LogP contribution is 2.30. The molecular formula is C27H29N5O2. The van der Waals surface area contributed by atoms with E-state index in [1.165, 1.54) is 10.5 Å². The van der Waals surface area contributed by atoms with Crippen LogP contribution in [-0.2, 0) is 17.9 Å². The Labute approximate surface area is 199 Å². The third-order valence-corrected chi connectivity index (χ3v) is 6.73. The molecule has 2 aliphatic rings. The molecule has 0 bridgehead atoms. The molecule has 7 heteroatoms. The van der Waals surface area contributed by atoms with Gasteiger partial charge in [-0.3, -0.25) is 14.6 Å². The Hall–Kier alpha value is -3.71. The van der Waals surface area contributed by atoms with Crippen LogP contribution in [0.3, 0.4) is 0 Å². The van der Waals surface area contributed by atoms with Crippen molar-refractivity contribution in [2.75, 3.05) is 27.7 Å². The number of hydrogen-bond acceptors (Lipinski definition) is 5. The van der Waals surface area contributed by atoms with Crippen molar-refractivity contribution in [3.8, 4) is 0 Å². The number of rotatable bonds is 6. The van der Waals surface area contributed by atoms with Crippen molar-refractivity contribution in [1.29, 1.82) is 0 Å². The molecule has 5 rings (SSSR count). The normalized spacial score (nSPS) is 20.4. The SMILES string of the molecule is CN(CC1=NC2C(C(=O)N(C)C(=O)N2C)N1Cc1cccc2ccccc12)Cc1ccccc1. The Morgan fingerprint density at radius 1 is 0.882 bits per heavy atom. The van der Waals surface area contributed by atoms with Crippen molar-refractivity contribution in [2.45, 2.75) is 25.3 Å². The molecule has 1 saturated heterocycles. The van der Waals surface area contributed by atoms with Crippen molar-refractivity contribution >= 4 is 28.5 Å². The number of hydrogen-bond donors (Lipinski definition) is 0. The number of urea groups is 1. The topological polar surface area (TPSA) is 59.5 Å². The molecule has 0 spiro atoms. The minimum absolute atomic E-state index is 0.210. The van der Waals surface area contributed by atoms with Gasteiger partial charge < -0.3 is 9.80 Å². The molecule has 2 atom stereocenters. The number of amidine groups is 1. The maximum atomic E-state index is 13.3. The number of likely N-dealkylation sites (N-methyl/N-ethyl adjacent to an activating group) is 3. The van der Waals surface area contributed by atoms with Crippen molar-refractivity contribution in [1.82, 2.24) is 19.6 Å². The lowest BCUT2D eigenvalue weighted by molar-refractivity contribution is -0.136. The van der Waals surface area contributed by atoms with E-state index in [1.54, 1.807) is 19.0 Å². The first-order valence-corrected chi connectivity index (χ1v) is 11.5. The molecule has 2 heterocycles. The minimum atomic E-state index is -0.535. The fourth-order valence-corrected chi connectivity index (χ4v) is 4.95. The van der Waals surface area contributed by atoms with Crippen LogP contribution in [0, 0.1) is 0 Å². The van der Waals surface area contributed by atoms with Crippen LogP contribution in [0.25, 0.3) is 10.8 Å². The summed E-state index contributed by atoms with van der Waals surface area (Å²) in [7, 11) is 5.32. The van der Waals surface area contributed by atoms with Crippen molar-refractivity contribution in [3.63, 3.8) is 0 Å². The van der Waals surface area contributed by atoms with Crippen molar-refractivity contribution < 1.29 is 9.59 Å². The van der Waals surface area contributed by atoms with Crippen LogP contribution < -0.4 is 0 Å². The average Bonchev–Trinajstić information content (AvgIpc) is 3.20. The second kappa shape index (κ2) is 8.91. The molecule has 0 saturated carbocycles. The average molecular weight is 456 g/mol. The number of imide groups is 1. The first-order valence-electron chi connectivity index (χ1n) is 11.5. The van der Waals surface area contributed by atoms with Crippen LogP contribution >= 0.6 is 0 Å². The first kappa shape index (κ1) is 22.1. The molecule has 0 N–H and O–H groups in total. The van der Waals surface area contributed by atoms with Crippen LogP contribution in [0.1, 0.15) is 11.1 Å². The Kier molecular flexibility index (Phi) is 5.79. The number of nitrogens with zero attached hydrogens (tertiary/aromatic N) is 5. The van der Waals surface area contributed by atoms with Gasteiger partial charge in [-0.25, -0.2) is 9.79 Å². The zero-order valence-corrected chi connectivity index (χ0v) is 19.8. The number of carbonyl (C=O) groups excluding carboxylic acids is 2. The van der Waals surface area contributed by atoms with Gasteiger partial charge in [0.15, 0.2) is 12.2 Å². The second-order valence-corrected chi connectivity index (χ2v) is 9.12. The third kappa shape index (κ3) is 3.92. The number of aliphatic imine (C=N–C) groups is 1. The zero-order chi connectivity index (χ0) is 23.8. The van der Waals surface area contributed by atoms with Crippen LogP contribution in [-0.4, -0.2) is 77.3 Å². The molecule has 3 aromatic rings. The summed E-state index contributed by atoms with van der Waals surface area (Å²) in [5.41, 5.74) is 2.34. The largest absolute Gasteiger partial charge is 0.339 e. The lowest BCUT2D eigenvalue weighted by Gasteiger charge is -2.40. The molecule has 34 heavy (non-hydrogen) atoms. The molecular weight excluding hydrogens is 426 g/mol. The number of carbonyl (C=O) groups is 2. The van der Waals surface area contributed by atoms with Gasteiger partial charge in [0.25, 0.3) is 5.91 Å². The lowest BCUT2D eigenvalue weighted by atomic mass is 10.0. The van der Waals surface area contributed by atoms with Gasteiger partial charge in [0.05, 0.1) is 6.54 Å². The van der Waals surface area contributed by atoms with Gasteiger partial charge in [0, 0.05) is 27.2 Å². The Balaban J connectivity index is 1.48. The summed E-state index contributed by atoms with van der Waals surface area (Å²) in [6.45, 7) is 1.88. The van der Waals surface area contributed by atoms with Crippen LogP contribution in [0.15, 0.2) is 77.8 Å². The summed E-state index contributed by atoms with van der Waals surface area (Å²) in [6.07, 6.45) is -0.522. The summed E-state index contributed by atoms with van der Waals surface area (Å²) in [5, 5.41) is 2.32. The summed E-state index contributed by atoms with van der Waals surface area (Å²) in [4.78, 5) is 37.9. The van der Waals surface area contributed by atoms with Crippen LogP contribution in [0.5, 0.6) is 0 Å². The first-order chi connectivity index (χ1) is 16.4. The zero-order valence-electron chi connectivity index (χ0n) is 19.8. The van der Waals surface area contributed by atoms with Gasteiger partial charge in [-0.15, -0.1) is 0 Å². The number of benzene rings is 3. The fraction of sp³-hybridized carbons (Fsp3) is 0.296. The molecule has 3 amide bonds. The summed E-state index contributed by atoms with van der Waals surface area (Å²) in [5.74, 6) is 0.613. The standard InChI is InChI=1S/C27H29N5O2/c1-29(16-19-10-5-4-6-11-19)18-23-28-25-24(26(33)31(3)27(34)30(25)2)32(23)17-21-14-9-13-20-12-7-8-15-22(20)21/h4-15,24-25H,16-18H2,1-3H3. The van der Waals surface area contributed by atoms with E-state index in [2.05, 4.69) is 53.2 Å². The highest BCUT2D eigenvalue weighted by atomic mass is 16.2. The lowest BCUT2D eigenvalue weighted by Crippen LogP contribution is -2.64. The molecule has 0 radical (unpaired) electrons. The summed E-state index contributed by atoms with van der Waals surface area (Å²) in [6, 6.07) is 24.0. The molecule has 1 fully saturated rings. The van der Waals surface area contributed by atoms with Gasteiger partial charge in [-0.2, -0.15) is 0 Å². The van der Waals surface area contributed by atoms with Gasteiger partial charge in [-0.05, 0) is 28.9 Å². The molecule has 3 aromatic carbocycles. The molecule has 2 aliphatic heterocycles. The van der Waals surface area contributed by atoms with E-state index < -0.39 is 12.2 Å². The summed E-state index contributed by atoms with van der Waals surface area (Å²) >= 11 is 0.